The third-order valence-electron chi connectivity index (χ3n) is 4.94. The van der Waals surface area contributed by atoms with E-state index in [1.54, 1.807) is 12.1 Å². The maximum absolute atomic E-state index is 14.5. The number of nitrogens with zero attached hydrogens (tertiary/aromatic N) is 1. The quantitative estimate of drug-likeness (QED) is 0.814. The van der Waals surface area contributed by atoms with Crippen molar-refractivity contribution >= 4 is 28.3 Å². The minimum absolute atomic E-state index is 0. The molecule has 2 nitrogen and oxygen atoms in total. The molecule has 1 aromatic carbocycles. The van der Waals surface area contributed by atoms with Crippen molar-refractivity contribution in [3.8, 4) is 0 Å². The average Bonchev–Trinajstić information content (AvgIpc) is 2.53. The van der Waals surface area contributed by atoms with E-state index in [9.17, 15) is 4.39 Å². The summed E-state index contributed by atoms with van der Waals surface area (Å²) in [4.78, 5) is 2.50. The molecule has 0 spiro atoms. The smallest absolute Gasteiger partial charge is 0.129 e. The van der Waals surface area contributed by atoms with E-state index in [0.29, 0.717) is 5.92 Å². The lowest BCUT2D eigenvalue weighted by molar-refractivity contribution is 0.100. The number of hydrogen-bond donors (Lipinski definition) is 1. The van der Waals surface area contributed by atoms with Gasteiger partial charge in [-0.2, -0.15) is 0 Å². The zero-order valence-electron chi connectivity index (χ0n) is 12.9. The van der Waals surface area contributed by atoms with E-state index in [4.69, 9.17) is 0 Å². The first kappa shape index (κ1) is 18.2. The molecule has 124 valence electrons. The average molecular weight is 392 g/mol. The standard InChI is InChI=1S/C17H24BrFN2.ClH/c18-14-7-4-8-15(19)16(14)17(13-5-2-1-3-6-13)21-11-9-20-10-12-21;/h4,7-8,13,17,20H,1-3,5-6,9-12H2;1H/t17-;/m1./s1. The number of piperazine rings is 1. The van der Waals surface area contributed by atoms with Crippen LogP contribution in [0.25, 0.3) is 0 Å². The first-order valence-electron chi connectivity index (χ1n) is 8.16. The Morgan fingerprint density at radius 3 is 2.45 bits per heavy atom. The van der Waals surface area contributed by atoms with Gasteiger partial charge < -0.3 is 5.32 Å². The van der Waals surface area contributed by atoms with Crippen molar-refractivity contribution in [1.82, 2.24) is 10.2 Å². The molecule has 5 heteroatoms. The Hall–Kier alpha value is -0.160. The maximum Gasteiger partial charge on any atom is 0.129 e. The Morgan fingerprint density at radius 2 is 1.82 bits per heavy atom. The molecular weight excluding hydrogens is 367 g/mol. The van der Waals surface area contributed by atoms with E-state index in [-0.39, 0.29) is 24.3 Å². The van der Waals surface area contributed by atoms with Gasteiger partial charge in [0.15, 0.2) is 0 Å². The molecule has 1 atom stereocenters. The van der Waals surface area contributed by atoms with Gasteiger partial charge in [-0.1, -0.05) is 41.3 Å². The molecule has 0 amide bonds. The molecule has 1 N–H and O–H groups in total. The summed E-state index contributed by atoms with van der Waals surface area (Å²) in [7, 11) is 0. The Balaban J connectivity index is 0.00000176. The van der Waals surface area contributed by atoms with Crippen LogP contribution in [0.3, 0.4) is 0 Å². The number of nitrogens with one attached hydrogen (secondary N) is 1. The van der Waals surface area contributed by atoms with Gasteiger partial charge in [-0.15, -0.1) is 12.4 Å². The first-order valence-corrected chi connectivity index (χ1v) is 8.95. The molecule has 2 fully saturated rings. The normalized spacial score (nSPS) is 22.1. The van der Waals surface area contributed by atoms with Crippen LogP contribution in [-0.2, 0) is 0 Å². The Kier molecular flexibility index (Phi) is 7.13. The fourth-order valence-corrected chi connectivity index (χ4v) is 4.50. The summed E-state index contributed by atoms with van der Waals surface area (Å²) in [5.74, 6) is 0.531. The monoisotopic (exact) mass is 390 g/mol. The summed E-state index contributed by atoms with van der Waals surface area (Å²) in [6.07, 6.45) is 6.38. The minimum Gasteiger partial charge on any atom is -0.314 e. The molecule has 1 aliphatic heterocycles. The fourth-order valence-electron chi connectivity index (χ4n) is 3.92. The molecule has 2 aliphatic rings. The first-order chi connectivity index (χ1) is 10.3. The van der Waals surface area contributed by atoms with E-state index in [1.165, 1.54) is 32.1 Å². The van der Waals surface area contributed by atoms with Crippen molar-refractivity contribution in [2.75, 3.05) is 26.2 Å². The lowest BCUT2D eigenvalue weighted by Crippen LogP contribution is -2.47. The number of benzene rings is 1. The van der Waals surface area contributed by atoms with Gasteiger partial charge in [0.2, 0.25) is 0 Å². The molecule has 0 radical (unpaired) electrons. The van der Waals surface area contributed by atoms with E-state index < -0.39 is 0 Å². The lowest BCUT2D eigenvalue weighted by Gasteiger charge is -2.41. The van der Waals surface area contributed by atoms with Gasteiger partial charge in [0.1, 0.15) is 5.82 Å². The molecule has 1 aliphatic carbocycles. The Morgan fingerprint density at radius 1 is 1.14 bits per heavy atom. The lowest BCUT2D eigenvalue weighted by atomic mass is 9.80. The van der Waals surface area contributed by atoms with E-state index in [1.807, 2.05) is 6.07 Å². The van der Waals surface area contributed by atoms with Crippen LogP contribution in [0.5, 0.6) is 0 Å². The molecule has 1 saturated carbocycles. The van der Waals surface area contributed by atoms with Crippen LogP contribution in [0, 0.1) is 11.7 Å². The molecule has 1 heterocycles. The van der Waals surface area contributed by atoms with Gasteiger partial charge in [-0.25, -0.2) is 4.39 Å². The molecule has 3 rings (SSSR count). The second kappa shape index (κ2) is 8.62. The van der Waals surface area contributed by atoms with Crippen molar-refractivity contribution < 1.29 is 4.39 Å². The molecule has 1 aromatic rings. The highest BCUT2D eigenvalue weighted by molar-refractivity contribution is 9.10. The number of halogens is 3. The fraction of sp³-hybridized carbons (Fsp3) is 0.647. The van der Waals surface area contributed by atoms with Crippen molar-refractivity contribution in [1.29, 1.82) is 0 Å². The highest BCUT2D eigenvalue weighted by atomic mass is 79.9. The summed E-state index contributed by atoms with van der Waals surface area (Å²) >= 11 is 3.60. The van der Waals surface area contributed by atoms with Crippen molar-refractivity contribution in [3.05, 3.63) is 34.1 Å². The van der Waals surface area contributed by atoms with E-state index in [2.05, 4.69) is 26.1 Å². The van der Waals surface area contributed by atoms with Crippen LogP contribution in [0.15, 0.2) is 22.7 Å². The van der Waals surface area contributed by atoms with Crippen molar-refractivity contribution in [2.45, 2.75) is 38.1 Å². The molecule has 0 aromatic heterocycles. The van der Waals surface area contributed by atoms with Gasteiger partial charge in [-0.05, 0) is 30.9 Å². The van der Waals surface area contributed by atoms with Gasteiger partial charge in [0, 0.05) is 42.3 Å². The summed E-state index contributed by atoms with van der Waals surface area (Å²) in [5, 5.41) is 3.41. The third kappa shape index (κ3) is 4.02. The second-order valence-electron chi connectivity index (χ2n) is 6.26. The van der Waals surface area contributed by atoms with Crippen LogP contribution in [0.2, 0.25) is 0 Å². The molecule has 0 bridgehead atoms. The van der Waals surface area contributed by atoms with Crippen LogP contribution in [0.1, 0.15) is 43.7 Å². The van der Waals surface area contributed by atoms with Gasteiger partial charge in [0.05, 0.1) is 0 Å². The number of hydrogen-bond acceptors (Lipinski definition) is 2. The molecule has 22 heavy (non-hydrogen) atoms. The largest absolute Gasteiger partial charge is 0.314 e. The van der Waals surface area contributed by atoms with Crippen LogP contribution in [-0.4, -0.2) is 31.1 Å². The van der Waals surface area contributed by atoms with Crippen LogP contribution in [0.4, 0.5) is 4.39 Å². The summed E-state index contributed by atoms with van der Waals surface area (Å²) < 4.78 is 15.5. The molecular formula is C17H25BrClFN2. The Bertz CT molecular complexity index is 435. The third-order valence-corrected chi connectivity index (χ3v) is 5.63. The molecule has 0 unspecified atom stereocenters. The van der Waals surface area contributed by atoms with E-state index >= 15 is 0 Å². The highest BCUT2D eigenvalue weighted by Crippen LogP contribution is 2.41. The predicted molar refractivity (Wildman–Crippen MR) is 95.1 cm³/mol. The topological polar surface area (TPSA) is 15.3 Å². The predicted octanol–water partition coefficient (Wildman–Crippen LogP) is 4.54. The summed E-state index contributed by atoms with van der Waals surface area (Å²) in [6.45, 7) is 4.05. The van der Waals surface area contributed by atoms with Gasteiger partial charge in [0.25, 0.3) is 0 Å². The minimum atomic E-state index is -0.0570. The maximum atomic E-state index is 14.5. The zero-order valence-corrected chi connectivity index (χ0v) is 15.3. The second-order valence-corrected chi connectivity index (χ2v) is 7.12. The van der Waals surface area contributed by atoms with Gasteiger partial charge >= 0.3 is 0 Å². The molecule has 1 saturated heterocycles. The number of rotatable bonds is 3. The Labute approximate surface area is 147 Å². The van der Waals surface area contributed by atoms with Crippen molar-refractivity contribution in [3.63, 3.8) is 0 Å². The SMILES string of the molecule is Cl.Fc1cccc(Br)c1[C@@H](C1CCCCC1)N1CCNCC1. The van der Waals surface area contributed by atoms with Crippen LogP contribution < -0.4 is 5.32 Å². The van der Waals surface area contributed by atoms with E-state index in [0.717, 1.165) is 36.2 Å². The summed E-state index contributed by atoms with van der Waals surface area (Å²) in [6, 6.07) is 5.61. The van der Waals surface area contributed by atoms with Gasteiger partial charge in [-0.3, -0.25) is 4.90 Å². The summed E-state index contributed by atoms with van der Waals surface area (Å²) in [5.41, 5.74) is 0.881. The van der Waals surface area contributed by atoms with Crippen molar-refractivity contribution in [2.24, 2.45) is 5.92 Å². The highest BCUT2D eigenvalue weighted by Gasteiger charge is 2.33. The van der Waals surface area contributed by atoms with Crippen LogP contribution >= 0.6 is 28.3 Å². The zero-order chi connectivity index (χ0) is 14.7.